The van der Waals surface area contributed by atoms with Gasteiger partial charge in [0.15, 0.2) is 12.6 Å². The van der Waals surface area contributed by atoms with Crippen LogP contribution in [0.4, 0.5) is 0 Å². The van der Waals surface area contributed by atoms with Crippen LogP contribution in [0, 0.1) is 0 Å². The summed E-state index contributed by atoms with van der Waals surface area (Å²) < 4.78 is 22.5. The number of nitrogens with one attached hydrogen (secondary N) is 1. The fraction of sp³-hybridized carbons (Fsp3) is 0.977. The molecule has 1 amide bonds. The van der Waals surface area contributed by atoms with Crippen molar-refractivity contribution in [1.29, 1.82) is 0 Å². The summed E-state index contributed by atoms with van der Waals surface area (Å²) in [5.41, 5.74) is 0. The Morgan fingerprint density at radius 1 is 0.561 bits per heavy atom. The Labute approximate surface area is 343 Å². The predicted molar refractivity (Wildman–Crippen MR) is 217 cm³/mol. The minimum Gasteiger partial charge on any atom is -0.394 e. The average molecular weight is 822 g/mol. The summed E-state index contributed by atoms with van der Waals surface area (Å²) in [6, 6.07) is -0.817. The topological polar surface area (TPSA) is 228 Å². The summed E-state index contributed by atoms with van der Waals surface area (Å²) in [5.74, 6) is -0.213. The summed E-state index contributed by atoms with van der Waals surface area (Å²) in [6.45, 7) is 2.71. The van der Waals surface area contributed by atoms with Gasteiger partial charge in [-0.2, -0.15) is 0 Å². The number of rotatable bonds is 34. The fourth-order valence-corrected chi connectivity index (χ4v) is 7.76. The van der Waals surface area contributed by atoms with Crippen LogP contribution < -0.4 is 5.32 Å². The first-order valence-corrected chi connectivity index (χ1v) is 22.8. The van der Waals surface area contributed by atoms with E-state index in [0.29, 0.717) is 12.8 Å². The second-order valence-corrected chi connectivity index (χ2v) is 16.5. The minimum absolute atomic E-state index is 0.213. The second kappa shape index (κ2) is 31.8. The molecule has 9 N–H and O–H groups in total. The molecule has 0 aromatic rings. The van der Waals surface area contributed by atoms with Gasteiger partial charge in [-0.25, -0.2) is 0 Å². The first-order valence-electron chi connectivity index (χ1n) is 22.8. The summed E-state index contributed by atoms with van der Waals surface area (Å²) in [6.07, 6.45) is 12.0. The Morgan fingerprint density at radius 3 is 1.49 bits per heavy atom. The third-order valence-electron chi connectivity index (χ3n) is 11.6. The maximum absolute atomic E-state index is 13.0. The number of ether oxygens (including phenoxy) is 4. The highest BCUT2D eigenvalue weighted by Crippen LogP contribution is 2.30. The van der Waals surface area contributed by atoms with Crippen molar-refractivity contribution in [2.45, 2.75) is 248 Å². The monoisotopic (exact) mass is 822 g/mol. The normalized spacial score (nSPS) is 29.0. The van der Waals surface area contributed by atoms with E-state index in [1.165, 1.54) is 96.3 Å². The Bertz CT molecular complexity index is 977. The van der Waals surface area contributed by atoms with Gasteiger partial charge in [-0.15, -0.1) is 0 Å². The average Bonchev–Trinajstić information content (AvgIpc) is 3.21. The summed E-state index contributed by atoms with van der Waals surface area (Å²) in [4.78, 5) is 13.0. The van der Waals surface area contributed by atoms with Crippen molar-refractivity contribution < 1.29 is 64.6 Å². The Balaban J connectivity index is 1.72. The lowest BCUT2D eigenvalue weighted by Gasteiger charge is -2.46. The Morgan fingerprint density at radius 2 is 1.00 bits per heavy atom. The van der Waals surface area contributed by atoms with E-state index in [4.69, 9.17) is 18.9 Å². The molecule has 2 rings (SSSR count). The van der Waals surface area contributed by atoms with Gasteiger partial charge in [0.1, 0.15) is 48.8 Å². The molecule has 0 saturated carbocycles. The van der Waals surface area contributed by atoms with Gasteiger partial charge in [0, 0.05) is 6.42 Å². The van der Waals surface area contributed by atoms with Crippen molar-refractivity contribution in [3.8, 4) is 0 Å². The molecule has 0 spiro atoms. The van der Waals surface area contributed by atoms with Crippen LogP contribution in [-0.2, 0) is 23.7 Å². The van der Waals surface area contributed by atoms with Gasteiger partial charge in [0.25, 0.3) is 0 Å². The maximum atomic E-state index is 13.0. The van der Waals surface area contributed by atoms with E-state index in [0.717, 1.165) is 51.4 Å². The van der Waals surface area contributed by atoms with Crippen LogP contribution in [0.25, 0.3) is 0 Å². The smallest absolute Gasteiger partial charge is 0.220 e. The van der Waals surface area contributed by atoms with Crippen molar-refractivity contribution in [3.63, 3.8) is 0 Å². The molecule has 14 heteroatoms. The molecule has 2 heterocycles. The number of hydrogen-bond acceptors (Lipinski definition) is 13. The van der Waals surface area contributed by atoms with Gasteiger partial charge in [-0.1, -0.05) is 155 Å². The van der Waals surface area contributed by atoms with E-state index in [-0.39, 0.29) is 12.5 Å². The second-order valence-electron chi connectivity index (χ2n) is 16.5. The minimum atomic E-state index is -1.78. The maximum Gasteiger partial charge on any atom is 0.220 e. The van der Waals surface area contributed by atoms with Crippen molar-refractivity contribution >= 4 is 5.91 Å². The lowest BCUT2D eigenvalue weighted by molar-refractivity contribution is -0.359. The zero-order chi connectivity index (χ0) is 41.8. The highest BCUT2D eigenvalue weighted by atomic mass is 16.7. The standard InChI is InChI=1S/C43H83NO13/c1-3-5-7-9-10-11-12-13-14-15-16-17-18-19-20-21-22-23-25-27-35(48)44-31(32(47)26-24-8-6-4-2)30-54-42-40(53)38(51)41(34(29-46)56-42)57-43-39(52)37(50)36(49)33(28-45)55-43/h31-34,36-43,45-47,49-53H,3-30H2,1-2H3,(H,44,48). The molecule has 14 nitrogen and oxygen atoms in total. The van der Waals surface area contributed by atoms with E-state index in [2.05, 4.69) is 19.2 Å². The third-order valence-corrected chi connectivity index (χ3v) is 11.6. The summed E-state index contributed by atoms with van der Waals surface area (Å²) >= 11 is 0. The van der Waals surface area contributed by atoms with Crippen molar-refractivity contribution in [2.24, 2.45) is 0 Å². The lowest BCUT2D eigenvalue weighted by atomic mass is 9.97. The Hall–Kier alpha value is -1.01. The van der Waals surface area contributed by atoms with Crippen LogP contribution in [0.2, 0.25) is 0 Å². The number of carbonyl (C=O) groups is 1. The molecular formula is C43H83NO13. The molecule has 12 unspecified atom stereocenters. The molecule has 12 atom stereocenters. The molecule has 2 aliphatic rings. The summed E-state index contributed by atoms with van der Waals surface area (Å²) in [7, 11) is 0. The number of amides is 1. The molecule has 0 radical (unpaired) electrons. The van der Waals surface area contributed by atoms with E-state index >= 15 is 0 Å². The van der Waals surface area contributed by atoms with Crippen molar-refractivity contribution in [3.05, 3.63) is 0 Å². The number of carbonyl (C=O) groups excluding carboxylic acids is 1. The highest BCUT2D eigenvalue weighted by Gasteiger charge is 2.51. The first kappa shape index (κ1) is 52.1. The molecule has 0 aromatic heterocycles. The highest BCUT2D eigenvalue weighted by molar-refractivity contribution is 5.76. The molecule has 0 bridgehead atoms. The molecule has 2 saturated heterocycles. The van der Waals surface area contributed by atoms with Gasteiger partial charge in [-0.3, -0.25) is 4.79 Å². The quantitative estimate of drug-likeness (QED) is 0.0414. The first-order chi connectivity index (χ1) is 27.6. The van der Waals surface area contributed by atoms with Gasteiger partial charge in [0.05, 0.1) is 32.0 Å². The van der Waals surface area contributed by atoms with E-state index in [1.54, 1.807) is 0 Å². The fourth-order valence-electron chi connectivity index (χ4n) is 7.76. The van der Waals surface area contributed by atoms with Gasteiger partial charge >= 0.3 is 0 Å². The number of aliphatic hydroxyl groups is 8. The zero-order valence-corrected chi connectivity index (χ0v) is 35.3. The summed E-state index contributed by atoms with van der Waals surface area (Å²) in [5, 5.41) is 86.0. The van der Waals surface area contributed by atoms with Crippen LogP contribution in [0.5, 0.6) is 0 Å². The number of unbranched alkanes of at least 4 members (excludes halogenated alkanes) is 21. The molecular weight excluding hydrogens is 738 g/mol. The van der Waals surface area contributed by atoms with Crippen LogP contribution in [0.1, 0.15) is 174 Å². The van der Waals surface area contributed by atoms with Crippen LogP contribution >= 0.6 is 0 Å². The SMILES string of the molecule is CCCCCCCCCCCCCCCCCCCCCC(=O)NC(COC1OC(CO)C(OC2OC(CO)C(O)C(O)C2O)C(O)C1O)C(O)CCCCCC. The molecule has 2 aliphatic heterocycles. The van der Waals surface area contributed by atoms with Gasteiger partial charge in [0.2, 0.25) is 5.91 Å². The van der Waals surface area contributed by atoms with Gasteiger partial charge < -0.3 is 65.1 Å². The van der Waals surface area contributed by atoms with E-state index in [9.17, 15) is 45.6 Å². The number of aliphatic hydroxyl groups excluding tert-OH is 8. The molecule has 0 aromatic carbocycles. The van der Waals surface area contributed by atoms with Crippen LogP contribution in [0.15, 0.2) is 0 Å². The van der Waals surface area contributed by atoms with E-state index in [1.807, 2.05) is 0 Å². The van der Waals surface area contributed by atoms with Crippen LogP contribution in [0.3, 0.4) is 0 Å². The molecule has 2 fully saturated rings. The predicted octanol–water partition coefficient (Wildman–Crippen LogP) is 4.27. The largest absolute Gasteiger partial charge is 0.394 e. The molecule has 0 aliphatic carbocycles. The van der Waals surface area contributed by atoms with E-state index < -0.39 is 86.8 Å². The zero-order valence-electron chi connectivity index (χ0n) is 35.3. The van der Waals surface area contributed by atoms with Crippen molar-refractivity contribution in [2.75, 3.05) is 19.8 Å². The van der Waals surface area contributed by atoms with Crippen molar-refractivity contribution in [1.82, 2.24) is 5.32 Å². The number of hydrogen-bond donors (Lipinski definition) is 9. The third kappa shape index (κ3) is 20.4. The van der Waals surface area contributed by atoms with Gasteiger partial charge in [-0.05, 0) is 12.8 Å². The molecule has 57 heavy (non-hydrogen) atoms. The lowest BCUT2D eigenvalue weighted by Crippen LogP contribution is -2.65. The molecule has 338 valence electrons. The van der Waals surface area contributed by atoms with Crippen LogP contribution in [-0.4, -0.2) is 140 Å². The Kier molecular flexibility index (Phi) is 29.1.